The zero-order valence-electron chi connectivity index (χ0n) is 95.6. The minimum atomic E-state index is -2.24. The molecule has 2 radical (unpaired) electrons. The standard InChI is InChI=1S/2C30H21N3O.C24H25N2O.C23H23N2O.C13H12N.C12H10N.2Ir/c1-18-17-22-20-13-14-24-27(28(20)34-29(22)31-19(18)2)26-12-6-8-16-33(26)30(24)23-10-4-3-9-21(23)25-11-5-7-15-32(25)30;1-18-17-19(2)31-29-26(18)21-13-14-23-27(28(21)34-29)25-12-6-8-16-33(25)30(23)22-10-4-3-9-20(22)24-11-5-7-15-32(24)30;1-23(2,3)15-12-13-25-19(14-15)18-9-7-8-16-17-10-11-20(24(4,5)6)26-22(17)27-21(16)18;1-14(2)15-11-12-24-19(13-15)18-8-6-7-16-17-9-10-20(23(3,4)5)25-22(17)26-21(16)18;1-10-8-13(14-9-11(10)2)12-6-4-3-5-7-12;1-10-7-8-12(13-9-10)11-5-3-2-4-6-11;;/h2*3-17H,1-2H3;7-8,10-14H,1-6H3;6-7,9-14H,1-5H3;3-6,8-9H,1-2H3;2-5,7-9H,1H3;;/q2*+2;4*-1;;/i1D3;;;14D;2D3;1D3;;. The molecule has 0 aliphatic carbocycles. The van der Waals surface area contributed by atoms with Crippen LogP contribution < -0.4 is 18.3 Å². The Morgan fingerprint density at radius 3 is 1.33 bits per heavy atom. The van der Waals surface area contributed by atoms with Crippen LogP contribution in [-0.4, -0.2) is 39.9 Å². The van der Waals surface area contributed by atoms with Gasteiger partial charge in [-0.15, -0.1) is 126 Å². The van der Waals surface area contributed by atoms with Gasteiger partial charge in [0, 0.05) is 188 Å². The fourth-order valence-electron chi connectivity index (χ4n) is 21.2. The van der Waals surface area contributed by atoms with Crippen LogP contribution in [0.15, 0.2) is 364 Å². The van der Waals surface area contributed by atoms with Gasteiger partial charge in [0.25, 0.3) is 0 Å². The van der Waals surface area contributed by atoms with E-state index in [1.165, 1.54) is 57.0 Å². The Balaban J connectivity index is 0.000000113. The molecule has 16 aromatic heterocycles. The summed E-state index contributed by atoms with van der Waals surface area (Å²) in [5.74, 6) is -0.692. The predicted molar refractivity (Wildman–Crippen MR) is 589 cm³/mol. The number of benzene rings is 8. The minimum absolute atomic E-state index is 0. The Morgan fingerprint density at radius 1 is 0.340 bits per heavy atom. The molecule has 28 rings (SSSR count). The monoisotopic (exact) mass is 2320 g/mol. The summed E-state index contributed by atoms with van der Waals surface area (Å²) < 4.78 is 111. The van der Waals surface area contributed by atoms with E-state index in [4.69, 9.17) is 46.3 Å². The van der Waals surface area contributed by atoms with Crippen LogP contribution in [0.5, 0.6) is 0 Å². The van der Waals surface area contributed by atoms with Gasteiger partial charge >= 0.3 is 11.3 Å². The average Bonchev–Trinajstić information content (AvgIpc) is 1.50. The van der Waals surface area contributed by atoms with E-state index in [2.05, 4.69) is 343 Å². The normalized spacial score (nSPS) is 15.4. The second kappa shape index (κ2) is 39.3. The molecule has 2 spiro atoms. The fourth-order valence-corrected chi connectivity index (χ4v) is 21.2. The van der Waals surface area contributed by atoms with Gasteiger partial charge in [-0.05, 0) is 231 Å². The molecule has 2 atom stereocenters. The van der Waals surface area contributed by atoms with Crippen LogP contribution in [-0.2, 0) is 67.8 Å². The van der Waals surface area contributed by atoms with Crippen LogP contribution in [0.2, 0.25) is 0 Å². The van der Waals surface area contributed by atoms with Crippen molar-refractivity contribution in [3.05, 3.63) is 455 Å². The summed E-state index contributed by atoms with van der Waals surface area (Å²) in [6, 6.07) is 112. The van der Waals surface area contributed by atoms with Crippen LogP contribution >= 0.6 is 0 Å². The Bertz CT molecular complexity index is 9580. The van der Waals surface area contributed by atoms with Crippen molar-refractivity contribution in [2.75, 3.05) is 0 Å². The second-order valence-corrected chi connectivity index (χ2v) is 41.4. The molecule has 16 nitrogen and oxygen atoms in total. The zero-order valence-corrected chi connectivity index (χ0v) is 90.4. The molecule has 24 aromatic rings. The van der Waals surface area contributed by atoms with E-state index in [1.54, 1.807) is 50.4 Å². The smallest absolute Gasteiger partial charge is 0.417 e. The first-order chi connectivity index (χ1) is 75.4. The van der Waals surface area contributed by atoms with Gasteiger partial charge in [-0.2, -0.15) is 0 Å². The molecule has 18 heteroatoms. The van der Waals surface area contributed by atoms with Crippen molar-refractivity contribution in [2.24, 2.45) is 0 Å². The number of rotatable bonds is 5. The first-order valence-corrected chi connectivity index (χ1v) is 49.7. The van der Waals surface area contributed by atoms with Crippen LogP contribution in [0.3, 0.4) is 0 Å². The molecule has 0 saturated heterocycles. The first-order valence-electron chi connectivity index (χ1n) is 54.7. The summed E-state index contributed by atoms with van der Waals surface area (Å²) in [7, 11) is 0. The van der Waals surface area contributed by atoms with E-state index in [-0.39, 0.29) is 67.6 Å². The second-order valence-electron chi connectivity index (χ2n) is 41.4. The fraction of sp³-hybridized carbons (Fsp3) is 0.182. The van der Waals surface area contributed by atoms with Gasteiger partial charge in [-0.1, -0.05) is 164 Å². The number of fused-ring (bicyclic) bond motifs is 34. The SMILES string of the molecule is CC(C)(C)c1ccnc(-c2[c-]ccc3c2oc2nc(C(C)(C)C)ccc23)c1.Cc1cc(C)c2c(n1)oc1c3c(ccc12)C1(c2ccccc2-c2cccc[n+]21)[n+]1ccccc1-3.[2H]C(C)(C)c1ccnc(-c2[c-]ccc3c2oc2nc(C(C)(C)C)ccc23)c1.[2H]C([2H])([2H])c1cc2c(nc1C)oc1c3c(ccc12)C1(c2ccccc2-c2cccc[n+]21)[n+]1ccccc1-3.[2H]C([2H])([2H])c1ccc(-c2[c-]cccc2)nc1.[2H]C([2H])([2H])c1cnc(-c2[c-]cccc2)cc1C.[Ir].[Ir]. The third-order valence-corrected chi connectivity index (χ3v) is 28.5. The Morgan fingerprint density at radius 2 is 0.813 bits per heavy atom. The molecule has 0 bridgehead atoms. The summed E-state index contributed by atoms with van der Waals surface area (Å²) >= 11 is 0. The summed E-state index contributed by atoms with van der Waals surface area (Å²) in [6.07, 6.45) is 15.1. The van der Waals surface area contributed by atoms with Gasteiger partial charge < -0.3 is 37.6 Å². The van der Waals surface area contributed by atoms with Crippen LogP contribution in [0, 0.1) is 72.5 Å². The molecule has 0 amide bonds. The largest absolute Gasteiger partial charge is 0.486 e. The Hall–Kier alpha value is -15.9. The maximum Gasteiger partial charge on any atom is 0.417 e. The number of pyridine rings is 12. The molecule has 0 fully saturated rings. The van der Waals surface area contributed by atoms with Gasteiger partial charge in [-0.25, -0.2) is 19.9 Å². The van der Waals surface area contributed by atoms with Crippen LogP contribution in [0.1, 0.15) is 180 Å². The maximum absolute atomic E-state index is 8.29. The minimum Gasteiger partial charge on any atom is -0.486 e. The Labute approximate surface area is 914 Å². The number of furan rings is 4. The Kier molecular flexibility index (Phi) is 23.1. The van der Waals surface area contributed by atoms with Gasteiger partial charge in [0.15, 0.2) is 36.0 Å². The van der Waals surface area contributed by atoms with E-state index in [0.717, 1.165) is 172 Å². The van der Waals surface area contributed by atoms with E-state index in [9.17, 15) is 0 Å². The van der Waals surface area contributed by atoms with Crippen LogP contribution in [0.25, 0.3) is 178 Å². The van der Waals surface area contributed by atoms with Crippen molar-refractivity contribution in [3.8, 4) is 90.1 Å². The van der Waals surface area contributed by atoms with Crippen molar-refractivity contribution in [1.82, 2.24) is 39.9 Å². The number of hydrogen-bond donors (Lipinski definition) is 0. The summed E-state index contributed by atoms with van der Waals surface area (Å²) in [5, 5.41) is 7.88. The molecule has 4 aliphatic rings. The third kappa shape index (κ3) is 17.2. The van der Waals surface area contributed by atoms with Gasteiger partial charge in [0.2, 0.25) is 45.6 Å². The summed E-state index contributed by atoms with van der Waals surface area (Å²) in [5.41, 5.74) is 33.3. The average molecular weight is 2320 g/mol. The topological polar surface area (TPSA) is 171 Å². The molecule has 2 unspecified atom stereocenters. The van der Waals surface area contributed by atoms with Gasteiger partial charge in [0.05, 0.1) is 27.7 Å². The van der Waals surface area contributed by atoms with Crippen molar-refractivity contribution < 1.29 is 89.9 Å². The van der Waals surface area contributed by atoms with Crippen molar-refractivity contribution in [2.45, 2.75) is 158 Å². The summed E-state index contributed by atoms with van der Waals surface area (Å²) in [6.45, 7) is 24.5. The molecule has 20 heterocycles. The van der Waals surface area contributed by atoms with Crippen LogP contribution in [0.4, 0.5) is 0 Å². The molecule has 0 N–H and O–H groups in total. The predicted octanol–water partition coefficient (Wildman–Crippen LogP) is 29.6. The summed E-state index contributed by atoms with van der Waals surface area (Å²) in [4.78, 5) is 36.2. The number of hydrogen-bond acceptors (Lipinski definition) is 12. The molecular formula is C132H112Ir2N12O4. The van der Waals surface area contributed by atoms with Gasteiger partial charge in [0.1, 0.15) is 33.4 Å². The number of nitrogens with zero attached hydrogens (tertiary/aromatic N) is 12. The molecule has 4 aliphatic heterocycles. The first kappa shape index (κ1) is 88.2. The van der Waals surface area contributed by atoms with Crippen molar-refractivity contribution in [3.63, 3.8) is 0 Å². The molecule has 0 saturated carbocycles. The maximum atomic E-state index is 8.29. The van der Waals surface area contributed by atoms with E-state index in [1.807, 2.05) is 112 Å². The van der Waals surface area contributed by atoms with E-state index >= 15 is 0 Å². The molecule has 742 valence electrons. The van der Waals surface area contributed by atoms with E-state index < -0.39 is 37.8 Å². The quantitative estimate of drug-likeness (QED) is 0.118. The van der Waals surface area contributed by atoms with Crippen molar-refractivity contribution in [1.29, 1.82) is 0 Å². The zero-order chi connectivity index (χ0) is 111. The molecule has 150 heavy (non-hydrogen) atoms. The number of aryl methyl sites for hydroxylation is 7. The molecule has 8 aromatic carbocycles. The van der Waals surface area contributed by atoms with Gasteiger partial charge in [-0.3, -0.25) is 0 Å². The third-order valence-electron chi connectivity index (χ3n) is 28.5. The van der Waals surface area contributed by atoms with E-state index in [0.29, 0.717) is 34.1 Å². The number of aromatic nitrogens is 12. The van der Waals surface area contributed by atoms with Crippen molar-refractivity contribution >= 4 is 88.3 Å². The molecular weight excluding hydrogens is 2200 g/mol.